The van der Waals surface area contributed by atoms with Crippen LogP contribution in [0.25, 0.3) is 0 Å². The summed E-state index contributed by atoms with van der Waals surface area (Å²) in [6.07, 6.45) is 4.79. The van der Waals surface area contributed by atoms with E-state index in [1.54, 1.807) is 0 Å². The minimum absolute atomic E-state index is 0.881. The van der Waals surface area contributed by atoms with Crippen LogP contribution in [0.1, 0.15) is 24.7 Å². The molecule has 3 heteroatoms. The molecule has 0 aliphatic heterocycles. The van der Waals surface area contributed by atoms with Gasteiger partial charge in [-0.25, -0.2) is 9.97 Å². The Hall–Kier alpha value is -1.90. The van der Waals surface area contributed by atoms with E-state index in [2.05, 4.69) is 46.5 Å². The van der Waals surface area contributed by atoms with Crippen LogP contribution < -0.4 is 5.32 Å². The summed E-state index contributed by atoms with van der Waals surface area (Å²) in [5, 5.41) is 3.28. The van der Waals surface area contributed by atoms with Gasteiger partial charge in [-0.1, -0.05) is 37.3 Å². The van der Waals surface area contributed by atoms with Gasteiger partial charge in [0.1, 0.15) is 11.6 Å². The van der Waals surface area contributed by atoms with E-state index in [0.29, 0.717) is 0 Å². The maximum atomic E-state index is 4.50. The molecular formula is C15H19N3. The molecule has 18 heavy (non-hydrogen) atoms. The van der Waals surface area contributed by atoms with Crippen LogP contribution in [0.15, 0.2) is 42.6 Å². The van der Waals surface area contributed by atoms with Gasteiger partial charge in [0.2, 0.25) is 0 Å². The molecule has 0 aliphatic rings. The molecule has 0 atom stereocenters. The van der Waals surface area contributed by atoms with Crippen LogP contribution in [-0.4, -0.2) is 16.5 Å². The Bertz CT molecular complexity index is 468. The summed E-state index contributed by atoms with van der Waals surface area (Å²) in [4.78, 5) is 8.81. The van der Waals surface area contributed by atoms with Gasteiger partial charge >= 0.3 is 0 Å². The average Bonchev–Trinajstić information content (AvgIpc) is 2.44. The van der Waals surface area contributed by atoms with Crippen molar-refractivity contribution in [2.75, 3.05) is 11.9 Å². The monoisotopic (exact) mass is 241 g/mol. The van der Waals surface area contributed by atoms with E-state index in [0.717, 1.165) is 37.4 Å². The normalized spacial score (nSPS) is 10.3. The fourth-order valence-electron chi connectivity index (χ4n) is 1.77. The lowest BCUT2D eigenvalue weighted by molar-refractivity contribution is 0.853. The highest BCUT2D eigenvalue weighted by atomic mass is 15.0. The van der Waals surface area contributed by atoms with Crippen molar-refractivity contribution >= 4 is 5.82 Å². The third-order valence-corrected chi connectivity index (χ3v) is 2.74. The number of aryl methyl sites for hydroxylation is 2. The van der Waals surface area contributed by atoms with Gasteiger partial charge in [0, 0.05) is 19.2 Å². The molecule has 0 fully saturated rings. The Balaban J connectivity index is 1.93. The van der Waals surface area contributed by atoms with Crippen LogP contribution in [0.5, 0.6) is 0 Å². The Morgan fingerprint density at radius 3 is 2.67 bits per heavy atom. The zero-order chi connectivity index (χ0) is 12.6. The summed E-state index contributed by atoms with van der Waals surface area (Å²) in [7, 11) is 0. The molecule has 2 rings (SSSR count). The number of nitrogens with one attached hydrogen (secondary N) is 1. The van der Waals surface area contributed by atoms with Crippen molar-refractivity contribution in [2.24, 2.45) is 0 Å². The fraction of sp³-hybridized carbons (Fsp3) is 0.333. The van der Waals surface area contributed by atoms with Crippen molar-refractivity contribution in [2.45, 2.75) is 26.2 Å². The first-order chi connectivity index (χ1) is 8.88. The summed E-state index contributed by atoms with van der Waals surface area (Å²) in [5.41, 5.74) is 1.33. The van der Waals surface area contributed by atoms with E-state index >= 15 is 0 Å². The van der Waals surface area contributed by atoms with Gasteiger partial charge in [0.25, 0.3) is 0 Å². The lowest BCUT2D eigenvalue weighted by atomic mass is 10.1. The molecule has 1 aromatic heterocycles. The van der Waals surface area contributed by atoms with Gasteiger partial charge in [0.05, 0.1) is 0 Å². The number of benzene rings is 1. The molecule has 0 radical (unpaired) electrons. The van der Waals surface area contributed by atoms with E-state index in [9.17, 15) is 0 Å². The number of rotatable bonds is 6. The van der Waals surface area contributed by atoms with Gasteiger partial charge in [-0.15, -0.1) is 0 Å². The lowest BCUT2D eigenvalue weighted by Gasteiger charge is -2.05. The van der Waals surface area contributed by atoms with E-state index in [1.807, 2.05) is 18.3 Å². The van der Waals surface area contributed by atoms with Crippen LogP contribution in [-0.2, 0) is 12.8 Å². The third-order valence-electron chi connectivity index (χ3n) is 2.74. The highest BCUT2D eigenvalue weighted by molar-refractivity contribution is 5.32. The zero-order valence-corrected chi connectivity index (χ0v) is 10.8. The number of aromatic nitrogens is 2. The lowest BCUT2D eigenvalue weighted by Crippen LogP contribution is -2.05. The number of anilines is 1. The molecule has 0 unspecified atom stereocenters. The summed E-state index contributed by atoms with van der Waals surface area (Å²) in [6, 6.07) is 12.4. The minimum atomic E-state index is 0.881. The zero-order valence-electron chi connectivity index (χ0n) is 10.8. The van der Waals surface area contributed by atoms with Gasteiger partial charge in [-0.05, 0) is 24.5 Å². The molecule has 0 saturated carbocycles. The molecule has 2 aromatic rings. The fourth-order valence-corrected chi connectivity index (χ4v) is 1.77. The molecule has 3 nitrogen and oxygen atoms in total. The van der Waals surface area contributed by atoms with Crippen molar-refractivity contribution in [3.63, 3.8) is 0 Å². The maximum Gasteiger partial charge on any atom is 0.130 e. The summed E-state index contributed by atoms with van der Waals surface area (Å²) in [6.45, 7) is 3.10. The van der Waals surface area contributed by atoms with Gasteiger partial charge in [-0.3, -0.25) is 0 Å². The molecule has 94 valence electrons. The van der Waals surface area contributed by atoms with Crippen LogP contribution >= 0.6 is 0 Å². The number of hydrogen-bond acceptors (Lipinski definition) is 3. The third kappa shape index (κ3) is 3.84. The van der Waals surface area contributed by atoms with Gasteiger partial charge < -0.3 is 5.32 Å². The largest absolute Gasteiger partial charge is 0.370 e. The molecule has 0 aliphatic carbocycles. The predicted octanol–water partition coefficient (Wildman–Crippen LogP) is 3.08. The van der Waals surface area contributed by atoms with Crippen molar-refractivity contribution in [1.29, 1.82) is 0 Å². The molecular weight excluding hydrogens is 222 g/mol. The smallest absolute Gasteiger partial charge is 0.130 e. The topological polar surface area (TPSA) is 37.8 Å². The van der Waals surface area contributed by atoms with E-state index in [1.165, 1.54) is 5.56 Å². The Labute approximate surface area is 108 Å². The van der Waals surface area contributed by atoms with E-state index in [-0.39, 0.29) is 0 Å². The van der Waals surface area contributed by atoms with Crippen LogP contribution in [0.3, 0.4) is 0 Å². The highest BCUT2D eigenvalue weighted by Crippen LogP contribution is 2.06. The minimum Gasteiger partial charge on any atom is -0.370 e. The first-order valence-electron chi connectivity index (χ1n) is 6.48. The van der Waals surface area contributed by atoms with Crippen LogP contribution in [0, 0.1) is 0 Å². The van der Waals surface area contributed by atoms with Crippen molar-refractivity contribution < 1.29 is 0 Å². The Morgan fingerprint density at radius 1 is 1.06 bits per heavy atom. The average molecular weight is 241 g/mol. The molecule has 1 aromatic carbocycles. The molecule has 0 bridgehead atoms. The van der Waals surface area contributed by atoms with E-state index in [4.69, 9.17) is 0 Å². The summed E-state index contributed by atoms with van der Waals surface area (Å²) < 4.78 is 0. The molecule has 0 spiro atoms. The van der Waals surface area contributed by atoms with Crippen molar-refractivity contribution in [1.82, 2.24) is 9.97 Å². The van der Waals surface area contributed by atoms with Gasteiger partial charge in [-0.2, -0.15) is 0 Å². The summed E-state index contributed by atoms with van der Waals surface area (Å²) >= 11 is 0. The standard InChI is InChI=1S/C15H19N3/c1-2-11-16-15-10-12-17-14(18-15)9-8-13-6-4-3-5-7-13/h3-7,10,12H,2,8-9,11H2,1H3,(H,16,17,18). The SMILES string of the molecule is CCCNc1ccnc(CCc2ccccc2)n1. The Morgan fingerprint density at radius 2 is 1.89 bits per heavy atom. The Kier molecular flexibility index (Phi) is 4.70. The van der Waals surface area contributed by atoms with E-state index < -0.39 is 0 Å². The summed E-state index contributed by atoms with van der Waals surface area (Å²) in [5.74, 6) is 1.83. The van der Waals surface area contributed by atoms with Crippen molar-refractivity contribution in [3.05, 3.63) is 54.0 Å². The van der Waals surface area contributed by atoms with Crippen LogP contribution in [0.2, 0.25) is 0 Å². The molecule has 0 amide bonds. The predicted molar refractivity (Wildman–Crippen MR) is 74.7 cm³/mol. The first-order valence-corrected chi connectivity index (χ1v) is 6.48. The second-order valence-corrected chi connectivity index (χ2v) is 4.27. The molecule has 1 heterocycles. The first kappa shape index (κ1) is 12.6. The van der Waals surface area contributed by atoms with Crippen LogP contribution in [0.4, 0.5) is 5.82 Å². The second kappa shape index (κ2) is 6.74. The number of hydrogen-bond donors (Lipinski definition) is 1. The second-order valence-electron chi connectivity index (χ2n) is 4.27. The highest BCUT2D eigenvalue weighted by Gasteiger charge is 2.00. The maximum absolute atomic E-state index is 4.50. The van der Waals surface area contributed by atoms with Gasteiger partial charge in [0.15, 0.2) is 0 Å². The molecule has 1 N–H and O–H groups in total. The van der Waals surface area contributed by atoms with Crippen molar-refractivity contribution in [3.8, 4) is 0 Å². The molecule has 0 saturated heterocycles. The quantitative estimate of drug-likeness (QED) is 0.844. The number of nitrogens with zero attached hydrogens (tertiary/aromatic N) is 2.